The van der Waals surface area contributed by atoms with Gasteiger partial charge in [-0.3, -0.25) is 9.89 Å². The van der Waals surface area contributed by atoms with Crippen LogP contribution in [0.4, 0.5) is 0 Å². The van der Waals surface area contributed by atoms with Crippen LogP contribution < -0.4 is 0 Å². The van der Waals surface area contributed by atoms with E-state index in [4.69, 9.17) is 5.11 Å². The molecular formula is C11H16N4O3. The molecule has 0 radical (unpaired) electrons. The molecule has 0 spiro atoms. The van der Waals surface area contributed by atoms with Gasteiger partial charge < -0.3 is 10.0 Å². The smallest absolute Gasteiger partial charge is 0.331 e. The molecule has 98 valence electrons. The Labute approximate surface area is 105 Å². The zero-order valence-electron chi connectivity index (χ0n) is 10.8. The summed E-state index contributed by atoms with van der Waals surface area (Å²) in [5.41, 5.74) is 0.246. The van der Waals surface area contributed by atoms with Gasteiger partial charge in [0.2, 0.25) is 5.91 Å². The second-order valence-electron chi connectivity index (χ2n) is 4.05. The fourth-order valence-corrected chi connectivity index (χ4v) is 1.35. The number of carboxylic acids is 1. The fourth-order valence-electron chi connectivity index (χ4n) is 1.35. The summed E-state index contributed by atoms with van der Waals surface area (Å²) in [5, 5.41) is 15.4. The Kier molecular flexibility index (Phi) is 4.19. The van der Waals surface area contributed by atoms with Crippen molar-refractivity contribution >= 4 is 11.9 Å². The minimum atomic E-state index is -1.09. The third-order valence-corrected chi connectivity index (χ3v) is 2.57. The molecule has 0 fully saturated rings. The lowest BCUT2D eigenvalue weighted by Gasteiger charge is -2.16. The number of carbonyl (C=O) groups is 2. The quantitative estimate of drug-likeness (QED) is 0.760. The molecule has 2 N–H and O–H groups in total. The van der Waals surface area contributed by atoms with Crippen LogP contribution in [-0.2, 0) is 16.1 Å². The van der Waals surface area contributed by atoms with Gasteiger partial charge in [0.25, 0.3) is 0 Å². The summed E-state index contributed by atoms with van der Waals surface area (Å²) in [6.45, 7) is 4.89. The SMILES string of the molecule is CC(C(=O)O)=C(C)C(=O)N(C)Cc1n[nH]c(C)n1. The van der Waals surface area contributed by atoms with E-state index < -0.39 is 5.97 Å². The molecule has 1 rings (SSSR count). The highest BCUT2D eigenvalue weighted by molar-refractivity contribution is 6.01. The van der Waals surface area contributed by atoms with E-state index in [1.807, 2.05) is 0 Å². The Morgan fingerprint density at radius 1 is 1.33 bits per heavy atom. The summed E-state index contributed by atoms with van der Waals surface area (Å²) < 4.78 is 0. The van der Waals surface area contributed by atoms with E-state index in [-0.39, 0.29) is 23.6 Å². The van der Waals surface area contributed by atoms with Crippen molar-refractivity contribution in [1.29, 1.82) is 0 Å². The van der Waals surface area contributed by atoms with Gasteiger partial charge in [0.1, 0.15) is 5.82 Å². The monoisotopic (exact) mass is 252 g/mol. The van der Waals surface area contributed by atoms with E-state index >= 15 is 0 Å². The molecule has 0 bridgehead atoms. The molecule has 7 heteroatoms. The zero-order valence-corrected chi connectivity index (χ0v) is 10.8. The molecule has 0 atom stereocenters. The van der Waals surface area contributed by atoms with Crippen LogP contribution in [0.3, 0.4) is 0 Å². The van der Waals surface area contributed by atoms with Crippen molar-refractivity contribution in [3.8, 4) is 0 Å². The molecule has 18 heavy (non-hydrogen) atoms. The Balaban J connectivity index is 2.79. The van der Waals surface area contributed by atoms with Gasteiger partial charge in [0, 0.05) is 18.2 Å². The molecule has 1 heterocycles. The number of aryl methyl sites for hydroxylation is 1. The number of aliphatic carboxylic acids is 1. The van der Waals surface area contributed by atoms with Crippen LogP contribution in [0.15, 0.2) is 11.1 Å². The number of aromatic nitrogens is 3. The number of nitrogens with zero attached hydrogens (tertiary/aromatic N) is 3. The molecule has 1 aromatic heterocycles. The maximum Gasteiger partial charge on any atom is 0.331 e. The normalized spacial score (nSPS) is 12.0. The molecule has 1 amide bonds. The maximum absolute atomic E-state index is 11.9. The average molecular weight is 252 g/mol. The molecule has 0 aliphatic heterocycles. The van der Waals surface area contributed by atoms with Gasteiger partial charge in [-0.05, 0) is 20.8 Å². The van der Waals surface area contributed by atoms with Crippen molar-refractivity contribution in [1.82, 2.24) is 20.1 Å². The third kappa shape index (κ3) is 3.16. The Bertz CT molecular complexity index is 504. The van der Waals surface area contributed by atoms with Gasteiger partial charge in [-0.2, -0.15) is 5.10 Å². The van der Waals surface area contributed by atoms with Gasteiger partial charge in [-0.1, -0.05) is 0 Å². The topological polar surface area (TPSA) is 99.2 Å². The summed E-state index contributed by atoms with van der Waals surface area (Å²) in [5.74, 6) is -0.288. The highest BCUT2D eigenvalue weighted by Crippen LogP contribution is 2.08. The zero-order chi connectivity index (χ0) is 13.9. The first kappa shape index (κ1) is 13.9. The van der Waals surface area contributed by atoms with Crippen LogP contribution in [0.2, 0.25) is 0 Å². The van der Waals surface area contributed by atoms with Gasteiger partial charge in [-0.15, -0.1) is 0 Å². The van der Waals surface area contributed by atoms with Gasteiger partial charge in [0.05, 0.1) is 6.54 Å². The molecule has 7 nitrogen and oxygen atoms in total. The number of amides is 1. The highest BCUT2D eigenvalue weighted by Gasteiger charge is 2.17. The average Bonchev–Trinajstić information content (AvgIpc) is 2.71. The molecule has 0 saturated carbocycles. The van der Waals surface area contributed by atoms with Crippen LogP contribution >= 0.6 is 0 Å². The first-order valence-electron chi connectivity index (χ1n) is 5.37. The van der Waals surface area contributed by atoms with Crippen LogP contribution in [0.1, 0.15) is 25.5 Å². The number of H-pyrrole nitrogens is 1. The lowest BCUT2D eigenvalue weighted by atomic mass is 10.1. The standard InChI is InChI=1S/C11H16N4O3/c1-6(7(2)11(17)18)10(16)15(4)5-9-12-8(3)13-14-9/h5H2,1-4H3,(H,17,18)(H,12,13,14). The van der Waals surface area contributed by atoms with Crippen LogP contribution in [0.25, 0.3) is 0 Å². The van der Waals surface area contributed by atoms with Crippen molar-refractivity contribution in [2.45, 2.75) is 27.3 Å². The number of likely N-dealkylation sites (N-methyl/N-ethyl adjacent to an activating group) is 1. The number of hydrogen-bond donors (Lipinski definition) is 2. The van der Waals surface area contributed by atoms with Crippen LogP contribution in [0.5, 0.6) is 0 Å². The van der Waals surface area contributed by atoms with E-state index in [9.17, 15) is 9.59 Å². The minimum Gasteiger partial charge on any atom is -0.478 e. The van der Waals surface area contributed by atoms with Gasteiger partial charge in [0.15, 0.2) is 5.82 Å². The molecule has 0 aromatic carbocycles. The van der Waals surface area contributed by atoms with E-state index in [1.54, 1.807) is 14.0 Å². The van der Waals surface area contributed by atoms with E-state index in [0.29, 0.717) is 11.6 Å². The van der Waals surface area contributed by atoms with Crippen LogP contribution in [0, 0.1) is 6.92 Å². The number of carboxylic acid groups (broad SMARTS) is 1. The Morgan fingerprint density at radius 2 is 1.94 bits per heavy atom. The Hall–Kier alpha value is -2.18. The Morgan fingerprint density at radius 3 is 2.39 bits per heavy atom. The van der Waals surface area contributed by atoms with Crippen molar-refractivity contribution in [2.24, 2.45) is 0 Å². The summed E-state index contributed by atoms with van der Waals surface area (Å²) in [6.07, 6.45) is 0. The molecular weight excluding hydrogens is 236 g/mol. The van der Waals surface area contributed by atoms with Crippen molar-refractivity contribution in [2.75, 3.05) is 7.05 Å². The summed E-state index contributed by atoms with van der Waals surface area (Å²) >= 11 is 0. The molecule has 0 saturated heterocycles. The van der Waals surface area contributed by atoms with E-state index in [0.717, 1.165) is 0 Å². The number of aromatic amines is 1. The number of hydrogen-bond acceptors (Lipinski definition) is 4. The predicted octanol–water partition coefficient (Wildman–Crippen LogP) is 0.493. The fraction of sp³-hybridized carbons (Fsp3) is 0.455. The maximum atomic E-state index is 11.9. The summed E-state index contributed by atoms with van der Waals surface area (Å²) in [7, 11) is 1.58. The molecule has 1 aromatic rings. The highest BCUT2D eigenvalue weighted by atomic mass is 16.4. The number of rotatable bonds is 4. The van der Waals surface area contributed by atoms with E-state index in [2.05, 4.69) is 15.2 Å². The van der Waals surface area contributed by atoms with Crippen LogP contribution in [-0.4, -0.2) is 44.1 Å². The molecule has 0 aliphatic rings. The lowest BCUT2D eigenvalue weighted by molar-refractivity contribution is -0.133. The minimum absolute atomic E-state index is 0.0398. The largest absolute Gasteiger partial charge is 0.478 e. The first-order chi connectivity index (χ1) is 8.32. The predicted molar refractivity (Wildman–Crippen MR) is 63.6 cm³/mol. The second kappa shape index (κ2) is 5.44. The number of carbonyl (C=O) groups excluding carboxylic acids is 1. The molecule has 0 unspecified atom stereocenters. The third-order valence-electron chi connectivity index (χ3n) is 2.57. The van der Waals surface area contributed by atoms with Gasteiger partial charge in [-0.25, -0.2) is 9.78 Å². The van der Waals surface area contributed by atoms with Crippen molar-refractivity contribution < 1.29 is 14.7 Å². The lowest BCUT2D eigenvalue weighted by Crippen LogP contribution is -2.28. The number of nitrogens with one attached hydrogen (secondary N) is 1. The summed E-state index contributed by atoms with van der Waals surface area (Å²) in [4.78, 5) is 28.2. The van der Waals surface area contributed by atoms with E-state index in [1.165, 1.54) is 18.7 Å². The van der Waals surface area contributed by atoms with Gasteiger partial charge >= 0.3 is 5.97 Å². The van der Waals surface area contributed by atoms with Crippen molar-refractivity contribution in [3.05, 3.63) is 22.8 Å². The second-order valence-corrected chi connectivity index (χ2v) is 4.05. The first-order valence-corrected chi connectivity index (χ1v) is 5.37. The molecule has 0 aliphatic carbocycles. The van der Waals surface area contributed by atoms with Crippen molar-refractivity contribution in [3.63, 3.8) is 0 Å². The summed E-state index contributed by atoms with van der Waals surface area (Å²) in [6, 6.07) is 0.